The number of carbonyl (C=O) groups is 2. The molecule has 0 saturated heterocycles. The lowest BCUT2D eigenvalue weighted by atomic mass is 10.2. The Kier molecular flexibility index (Phi) is 6.83. The van der Waals surface area contributed by atoms with Crippen molar-refractivity contribution >= 4 is 11.9 Å². The minimum atomic E-state index is -0.533. The van der Waals surface area contributed by atoms with E-state index in [4.69, 9.17) is 14.2 Å². The van der Waals surface area contributed by atoms with Gasteiger partial charge in [-0.05, 0) is 25.1 Å². The average molecular weight is 343 g/mol. The topological polar surface area (TPSA) is 73.9 Å². The van der Waals surface area contributed by atoms with Gasteiger partial charge in [0.05, 0.1) is 19.3 Å². The van der Waals surface area contributed by atoms with E-state index in [0.717, 1.165) is 5.56 Å². The highest BCUT2D eigenvalue weighted by Gasteiger charge is 2.13. The number of carbonyl (C=O) groups excluding carboxylic acids is 2. The first-order valence-corrected chi connectivity index (χ1v) is 7.93. The Morgan fingerprint density at radius 1 is 1.00 bits per heavy atom. The van der Waals surface area contributed by atoms with Crippen LogP contribution in [0, 0.1) is 0 Å². The molecule has 2 aromatic rings. The summed E-state index contributed by atoms with van der Waals surface area (Å²) in [5.41, 5.74) is 1.13. The van der Waals surface area contributed by atoms with Gasteiger partial charge in [0.1, 0.15) is 24.7 Å². The van der Waals surface area contributed by atoms with Crippen molar-refractivity contribution in [2.45, 2.75) is 13.5 Å². The second-order valence-corrected chi connectivity index (χ2v) is 5.08. The molecule has 0 bridgehead atoms. The molecule has 0 aliphatic rings. The summed E-state index contributed by atoms with van der Waals surface area (Å²) in [5.74, 6) is 0.188. The maximum Gasteiger partial charge on any atom is 0.325 e. The first-order chi connectivity index (χ1) is 12.2. The van der Waals surface area contributed by atoms with Crippen molar-refractivity contribution in [1.29, 1.82) is 0 Å². The van der Waals surface area contributed by atoms with Gasteiger partial charge in [-0.15, -0.1) is 0 Å². The first kappa shape index (κ1) is 18.3. The molecule has 1 N–H and O–H groups in total. The van der Waals surface area contributed by atoms with Gasteiger partial charge in [-0.2, -0.15) is 0 Å². The largest absolute Gasteiger partial charge is 0.496 e. The molecule has 2 aromatic carbocycles. The zero-order chi connectivity index (χ0) is 18.1. The predicted octanol–water partition coefficient (Wildman–Crippen LogP) is 2.57. The number of hydrogen-bond donors (Lipinski definition) is 1. The van der Waals surface area contributed by atoms with Gasteiger partial charge in [0.2, 0.25) is 0 Å². The van der Waals surface area contributed by atoms with Crippen LogP contribution in [0.15, 0.2) is 48.5 Å². The van der Waals surface area contributed by atoms with E-state index in [2.05, 4.69) is 5.32 Å². The quantitative estimate of drug-likeness (QED) is 0.746. The number of esters is 1. The molecule has 0 aliphatic heterocycles. The highest BCUT2D eigenvalue weighted by molar-refractivity contribution is 5.98. The van der Waals surface area contributed by atoms with Crippen LogP contribution in [0.4, 0.5) is 0 Å². The summed E-state index contributed by atoms with van der Waals surface area (Å²) in [6.07, 6.45) is 0. The van der Waals surface area contributed by atoms with Crippen LogP contribution in [0.3, 0.4) is 0 Å². The monoisotopic (exact) mass is 343 g/mol. The van der Waals surface area contributed by atoms with Crippen molar-refractivity contribution in [2.24, 2.45) is 0 Å². The van der Waals surface area contributed by atoms with Crippen LogP contribution in [-0.4, -0.2) is 32.1 Å². The minimum absolute atomic E-state index is 0.0829. The Bertz CT molecular complexity index is 729. The van der Waals surface area contributed by atoms with Crippen molar-refractivity contribution in [2.75, 3.05) is 20.3 Å². The van der Waals surface area contributed by atoms with Crippen LogP contribution in [-0.2, 0) is 16.1 Å². The normalized spacial score (nSPS) is 10.0. The van der Waals surface area contributed by atoms with E-state index in [0.29, 0.717) is 23.7 Å². The third-order valence-electron chi connectivity index (χ3n) is 3.41. The molecule has 6 nitrogen and oxygen atoms in total. The Morgan fingerprint density at radius 2 is 1.68 bits per heavy atom. The summed E-state index contributed by atoms with van der Waals surface area (Å²) in [6.45, 7) is 2.27. The molecule has 0 saturated carbocycles. The molecule has 0 aliphatic carbocycles. The van der Waals surface area contributed by atoms with Gasteiger partial charge in [0.25, 0.3) is 5.91 Å². The fourth-order valence-corrected chi connectivity index (χ4v) is 2.21. The summed E-state index contributed by atoms with van der Waals surface area (Å²) in [6, 6.07) is 14.1. The number of para-hydroxylation sites is 2. The lowest BCUT2D eigenvalue weighted by Crippen LogP contribution is -2.30. The van der Waals surface area contributed by atoms with Gasteiger partial charge in [-0.1, -0.05) is 30.3 Å². The smallest absolute Gasteiger partial charge is 0.325 e. The van der Waals surface area contributed by atoms with Gasteiger partial charge in [0.15, 0.2) is 0 Å². The molecule has 0 spiro atoms. The van der Waals surface area contributed by atoms with Crippen molar-refractivity contribution in [1.82, 2.24) is 5.32 Å². The van der Waals surface area contributed by atoms with Crippen molar-refractivity contribution < 1.29 is 23.8 Å². The Morgan fingerprint density at radius 3 is 2.40 bits per heavy atom. The maximum atomic E-state index is 12.1. The lowest BCUT2D eigenvalue weighted by Gasteiger charge is -2.11. The molecular formula is C19H21NO5. The second-order valence-electron chi connectivity index (χ2n) is 5.08. The molecule has 1 amide bonds. The van der Waals surface area contributed by atoms with Gasteiger partial charge in [0, 0.05) is 5.56 Å². The van der Waals surface area contributed by atoms with Gasteiger partial charge in [-0.3, -0.25) is 9.59 Å². The van der Waals surface area contributed by atoms with E-state index in [-0.39, 0.29) is 13.2 Å². The fraction of sp³-hybridized carbons (Fsp3) is 0.263. The lowest BCUT2D eigenvalue weighted by molar-refractivity contribution is -0.143. The zero-order valence-corrected chi connectivity index (χ0v) is 14.3. The van der Waals surface area contributed by atoms with E-state index in [1.807, 2.05) is 31.2 Å². The minimum Gasteiger partial charge on any atom is -0.496 e. The Balaban J connectivity index is 1.86. The number of amides is 1. The molecule has 0 unspecified atom stereocenters. The van der Waals surface area contributed by atoms with E-state index in [1.165, 1.54) is 7.11 Å². The highest BCUT2D eigenvalue weighted by atomic mass is 16.5. The highest BCUT2D eigenvalue weighted by Crippen LogP contribution is 2.19. The molecule has 132 valence electrons. The summed E-state index contributed by atoms with van der Waals surface area (Å²) < 4.78 is 15.8. The molecule has 0 radical (unpaired) electrons. The average Bonchev–Trinajstić information content (AvgIpc) is 2.65. The third kappa shape index (κ3) is 5.24. The molecular weight excluding hydrogens is 322 g/mol. The van der Waals surface area contributed by atoms with E-state index < -0.39 is 11.9 Å². The predicted molar refractivity (Wildman–Crippen MR) is 92.7 cm³/mol. The van der Waals surface area contributed by atoms with Gasteiger partial charge >= 0.3 is 5.97 Å². The van der Waals surface area contributed by atoms with Gasteiger partial charge < -0.3 is 19.5 Å². The third-order valence-corrected chi connectivity index (χ3v) is 3.41. The fourth-order valence-electron chi connectivity index (χ4n) is 2.21. The number of methoxy groups -OCH3 is 1. The van der Waals surface area contributed by atoms with Crippen molar-refractivity contribution in [3.63, 3.8) is 0 Å². The molecule has 2 rings (SSSR count). The number of ether oxygens (including phenoxy) is 3. The Hall–Kier alpha value is -3.02. The standard InChI is InChI=1S/C19H21NO5/c1-3-24-16-10-6-4-8-14(16)13-25-18(21)12-20-19(22)15-9-5-7-11-17(15)23-2/h4-11H,3,12-13H2,1-2H3,(H,20,22). The SMILES string of the molecule is CCOc1ccccc1COC(=O)CNC(=O)c1ccccc1OC. The van der Waals surface area contributed by atoms with Crippen LogP contribution in [0.5, 0.6) is 11.5 Å². The maximum absolute atomic E-state index is 12.1. The van der Waals surface area contributed by atoms with E-state index in [1.54, 1.807) is 24.3 Å². The summed E-state index contributed by atoms with van der Waals surface area (Å²) in [5, 5.41) is 2.52. The van der Waals surface area contributed by atoms with E-state index >= 15 is 0 Å². The van der Waals surface area contributed by atoms with Crippen LogP contribution in [0.2, 0.25) is 0 Å². The summed E-state index contributed by atoms with van der Waals surface area (Å²) in [7, 11) is 1.48. The zero-order valence-electron chi connectivity index (χ0n) is 14.3. The summed E-state index contributed by atoms with van der Waals surface area (Å²) >= 11 is 0. The van der Waals surface area contributed by atoms with Crippen LogP contribution >= 0.6 is 0 Å². The summed E-state index contributed by atoms with van der Waals surface area (Å²) in [4.78, 5) is 24.0. The molecule has 0 aromatic heterocycles. The number of nitrogens with one attached hydrogen (secondary N) is 1. The van der Waals surface area contributed by atoms with Crippen LogP contribution in [0.25, 0.3) is 0 Å². The molecule has 0 heterocycles. The van der Waals surface area contributed by atoms with Crippen molar-refractivity contribution in [3.8, 4) is 11.5 Å². The Labute approximate surface area is 146 Å². The molecule has 6 heteroatoms. The van der Waals surface area contributed by atoms with Crippen LogP contribution in [0.1, 0.15) is 22.8 Å². The first-order valence-electron chi connectivity index (χ1n) is 7.93. The molecule has 25 heavy (non-hydrogen) atoms. The van der Waals surface area contributed by atoms with E-state index in [9.17, 15) is 9.59 Å². The van der Waals surface area contributed by atoms with Crippen LogP contribution < -0.4 is 14.8 Å². The number of hydrogen-bond acceptors (Lipinski definition) is 5. The van der Waals surface area contributed by atoms with Gasteiger partial charge in [-0.25, -0.2) is 0 Å². The molecule has 0 atom stereocenters. The molecule has 0 fully saturated rings. The second kappa shape index (κ2) is 9.32. The number of benzene rings is 2. The number of rotatable bonds is 8. The van der Waals surface area contributed by atoms with Crippen molar-refractivity contribution in [3.05, 3.63) is 59.7 Å².